The molecule has 3 aliphatic rings. The van der Waals surface area contributed by atoms with Crippen LogP contribution in [-0.2, 0) is 0 Å². The van der Waals surface area contributed by atoms with Crippen LogP contribution < -0.4 is 5.73 Å². The highest BCUT2D eigenvalue weighted by molar-refractivity contribution is 8.13. The molecule has 13 heavy (non-hydrogen) atoms. The molecular formula is C10H16N2S. The standard InChI is InChI=1S/C10H16N2S/c11-10(12)13-6-9-5-7-1-3-8(9)4-2-7/h1,3,7-9H,2,4-6H2,(H3,11,12). The van der Waals surface area contributed by atoms with Gasteiger partial charge in [0.2, 0.25) is 0 Å². The summed E-state index contributed by atoms with van der Waals surface area (Å²) in [4.78, 5) is 0. The number of hydrogen-bond acceptors (Lipinski definition) is 2. The number of nitrogens with two attached hydrogens (primary N) is 1. The summed E-state index contributed by atoms with van der Waals surface area (Å²) in [5.41, 5.74) is 5.34. The summed E-state index contributed by atoms with van der Waals surface area (Å²) in [5.74, 6) is 3.41. The van der Waals surface area contributed by atoms with E-state index in [9.17, 15) is 0 Å². The number of nitrogens with one attached hydrogen (secondary N) is 1. The first-order chi connectivity index (χ1) is 6.25. The van der Waals surface area contributed by atoms with Gasteiger partial charge in [-0.2, -0.15) is 0 Å². The van der Waals surface area contributed by atoms with Crippen molar-refractivity contribution in [2.75, 3.05) is 5.75 Å². The largest absolute Gasteiger partial charge is 0.379 e. The van der Waals surface area contributed by atoms with Crippen molar-refractivity contribution in [3.05, 3.63) is 12.2 Å². The Morgan fingerprint density at radius 2 is 2.31 bits per heavy atom. The molecule has 3 atom stereocenters. The highest BCUT2D eigenvalue weighted by Crippen LogP contribution is 2.41. The molecule has 0 saturated heterocycles. The van der Waals surface area contributed by atoms with Crippen LogP contribution in [0, 0.1) is 23.2 Å². The maximum atomic E-state index is 7.17. The minimum absolute atomic E-state index is 0.269. The Labute approximate surface area is 83.5 Å². The maximum Gasteiger partial charge on any atom is 0.151 e. The fourth-order valence-corrected chi connectivity index (χ4v) is 3.22. The fourth-order valence-electron chi connectivity index (χ4n) is 2.44. The molecule has 1 fully saturated rings. The number of fused-ring (bicyclic) bond motifs is 2. The SMILES string of the molecule is N=C(N)SCC1CC2C=CC1CC2. The summed E-state index contributed by atoms with van der Waals surface area (Å²) in [6.45, 7) is 0. The third kappa shape index (κ3) is 2.08. The summed E-state index contributed by atoms with van der Waals surface area (Å²) in [6, 6.07) is 0. The molecule has 3 unspecified atom stereocenters. The molecule has 3 aliphatic carbocycles. The lowest BCUT2D eigenvalue weighted by atomic mass is 9.70. The topological polar surface area (TPSA) is 49.9 Å². The first-order valence-electron chi connectivity index (χ1n) is 4.91. The van der Waals surface area contributed by atoms with Gasteiger partial charge in [0.25, 0.3) is 0 Å². The van der Waals surface area contributed by atoms with E-state index in [4.69, 9.17) is 11.1 Å². The van der Waals surface area contributed by atoms with Gasteiger partial charge >= 0.3 is 0 Å². The van der Waals surface area contributed by atoms with Crippen LogP contribution in [0.4, 0.5) is 0 Å². The molecule has 3 N–H and O–H groups in total. The molecule has 0 heterocycles. The van der Waals surface area contributed by atoms with Crippen LogP contribution in [0.1, 0.15) is 19.3 Å². The van der Waals surface area contributed by atoms with E-state index in [0.717, 1.165) is 23.5 Å². The highest BCUT2D eigenvalue weighted by atomic mass is 32.2. The smallest absolute Gasteiger partial charge is 0.151 e. The Morgan fingerprint density at radius 1 is 1.46 bits per heavy atom. The Hall–Kier alpha value is -0.440. The van der Waals surface area contributed by atoms with Gasteiger partial charge in [-0.15, -0.1) is 0 Å². The molecule has 0 spiro atoms. The lowest BCUT2D eigenvalue weighted by molar-refractivity contribution is 0.243. The molecule has 2 nitrogen and oxygen atoms in total. The zero-order chi connectivity index (χ0) is 9.26. The molecule has 0 aromatic heterocycles. The number of hydrogen-bond donors (Lipinski definition) is 2. The van der Waals surface area contributed by atoms with Crippen molar-refractivity contribution in [3.63, 3.8) is 0 Å². The van der Waals surface area contributed by atoms with E-state index in [2.05, 4.69) is 12.2 Å². The molecule has 3 heteroatoms. The van der Waals surface area contributed by atoms with E-state index in [1.165, 1.54) is 31.0 Å². The average molecular weight is 196 g/mol. The normalized spacial score (nSPS) is 36.5. The van der Waals surface area contributed by atoms with Crippen LogP contribution >= 0.6 is 11.8 Å². The van der Waals surface area contributed by atoms with Crippen LogP contribution in [-0.4, -0.2) is 10.9 Å². The van der Waals surface area contributed by atoms with Crippen molar-refractivity contribution in [3.8, 4) is 0 Å². The van der Waals surface area contributed by atoms with Gasteiger partial charge in [-0.1, -0.05) is 23.9 Å². The van der Waals surface area contributed by atoms with Gasteiger partial charge in [0.15, 0.2) is 5.17 Å². The van der Waals surface area contributed by atoms with Crippen LogP contribution in [0.15, 0.2) is 12.2 Å². The van der Waals surface area contributed by atoms with Crippen molar-refractivity contribution in [2.45, 2.75) is 19.3 Å². The second kappa shape index (κ2) is 3.74. The number of rotatable bonds is 2. The van der Waals surface area contributed by atoms with Gasteiger partial charge in [0.1, 0.15) is 0 Å². The lowest BCUT2D eigenvalue weighted by Gasteiger charge is -2.37. The summed E-state index contributed by atoms with van der Waals surface area (Å²) in [7, 11) is 0. The van der Waals surface area contributed by atoms with Gasteiger partial charge in [0.05, 0.1) is 0 Å². The summed E-state index contributed by atoms with van der Waals surface area (Å²) in [6.07, 6.45) is 8.81. The average Bonchev–Trinajstić information content (AvgIpc) is 2.17. The Balaban J connectivity index is 1.88. The molecule has 72 valence electrons. The second-order valence-electron chi connectivity index (χ2n) is 4.06. The zero-order valence-electron chi connectivity index (χ0n) is 7.70. The molecule has 0 aliphatic heterocycles. The van der Waals surface area contributed by atoms with E-state index in [-0.39, 0.29) is 5.17 Å². The summed E-state index contributed by atoms with van der Waals surface area (Å²) < 4.78 is 0. The van der Waals surface area contributed by atoms with E-state index in [1.807, 2.05) is 0 Å². The van der Waals surface area contributed by atoms with E-state index < -0.39 is 0 Å². The number of amidine groups is 1. The van der Waals surface area contributed by atoms with Gasteiger partial charge in [0, 0.05) is 5.75 Å². The van der Waals surface area contributed by atoms with Gasteiger partial charge < -0.3 is 5.73 Å². The maximum absolute atomic E-state index is 7.17. The third-order valence-corrected chi connectivity index (χ3v) is 4.07. The third-order valence-electron chi connectivity index (χ3n) is 3.17. The first kappa shape index (κ1) is 9.13. The Bertz CT molecular complexity index is 237. The molecule has 1 saturated carbocycles. The molecule has 3 rings (SSSR count). The monoisotopic (exact) mass is 196 g/mol. The van der Waals surface area contributed by atoms with E-state index in [1.54, 1.807) is 0 Å². The first-order valence-corrected chi connectivity index (χ1v) is 5.89. The molecule has 0 aromatic rings. The van der Waals surface area contributed by atoms with Gasteiger partial charge in [-0.25, -0.2) is 0 Å². The minimum Gasteiger partial charge on any atom is -0.379 e. The van der Waals surface area contributed by atoms with Crippen LogP contribution in [0.5, 0.6) is 0 Å². The van der Waals surface area contributed by atoms with Crippen molar-refractivity contribution in [2.24, 2.45) is 23.5 Å². The van der Waals surface area contributed by atoms with Gasteiger partial charge in [-0.05, 0) is 37.0 Å². The van der Waals surface area contributed by atoms with Crippen molar-refractivity contribution >= 4 is 16.9 Å². The molecule has 2 bridgehead atoms. The van der Waals surface area contributed by atoms with Crippen LogP contribution in [0.3, 0.4) is 0 Å². The second-order valence-corrected chi connectivity index (χ2v) is 5.12. The predicted octanol–water partition coefficient (Wildman–Crippen LogP) is 2.22. The van der Waals surface area contributed by atoms with Crippen molar-refractivity contribution in [1.82, 2.24) is 0 Å². The molecule has 0 radical (unpaired) electrons. The summed E-state index contributed by atoms with van der Waals surface area (Å²) >= 11 is 1.50. The van der Waals surface area contributed by atoms with E-state index >= 15 is 0 Å². The fraction of sp³-hybridized carbons (Fsp3) is 0.700. The molecule has 0 aromatic carbocycles. The lowest BCUT2D eigenvalue weighted by Crippen LogP contribution is -2.29. The van der Waals surface area contributed by atoms with E-state index in [0.29, 0.717) is 0 Å². The summed E-state index contributed by atoms with van der Waals surface area (Å²) in [5, 5.41) is 7.44. The van der Waals surface area contributed by atoms with Gasteiger partial charge in [-0.3, -0.25) is 5.41 Å². The van der Waals surface area contributed by atoms with Crippen molar-refractivity contribution in [1.29, 1.82) is 5.41 Å². The van der Waals surface area contributed by atoms with Crippen molar-refractivity contribution < 1.29 is 0 Å². The number of allylic oxidation sites excluding steroid dienone is 2. The molecule has 0 amide bonds. The highest BCUT2D eigenvalue weighted by Gasteiger charge is 2.31. The van der Waals surface area contributed by atoms with Crippen LogP contribution in [0.25, 0.3) is 0 Å². The Morgan fingerprint density at radius 3 is 2.77 bits per heavy atom. The quantitative estimate of drug-likeness (QED) is 0.404. The molecular weight excluding hydrogens is 180 g/mol. The minimum atomic E-state index is 0.269. The number of thioether (sulfide) groups is 1. The Kier molecular flexibility index (Phi) is 2.63. The predicted molar refractivity (Wildman–Crippen MR) is 57.8 cm³/mol. The van der Waals surface area contributed by atoms with Crippen LogP contribution in [0.2, 0.25) is 0 Å². The zero-order valence-corrected chi connectivity index (χ0v) is 8.52.